The Morgan fingerprint density at radius 1 is 1.00 bits per heavy atom. The Morgan fingerprint density at radius 2 is 1.60 bits per heavy atom. The number of halogens is 1. The molecule has 0 bridgehead atoms. The highest BCUT2D eigenvalue weighted by Gasteiger charge is 2.29. The van der Waals surface area contributed by atoms with E-state index in [9.17, 15) is 13.2 Å². The summed E-state index contributed by atoms with van der Waals surface area (Å²) in [5, 5.41) is 0.457. The van der Waals surface area contributed by atoms with Gasteiger partial charge in [-0.05, 0) is 49.2 Å². The molecule has 0 unspecified atom stereocenters. The zero-order valence-electron chi connectivity index (χ0n) is 13.6. The Hall–Kier alpha value is -2.05. The average Bonchev–Trinajstić information content (AvgIpc) is 3.15. The van der Waals surface area contributed by atoms with Crippen LogP contribution in [0.15, 0.2) is 59.5 Å². The molecule has 3 rings (SSSR count). The van der Waals surface area contributed by atoms with Crippen LogP contribution in [0.2, 0.25) is 5.02 Å². The fourth-order valence-corrected chi connectivity index (χ4v) is 4.37. The number of carbonyl (C=O) groups is 1. The molecule has 0 spiro atoms. The molecule has 25 heavy (non-hydrogen) atoms. The van der Waals surface area contributed by atoms with Gasteiger partial charge in [0.1, 0.15) is 6.54 Å². The number of carbonyl (C=O) groups excluding carboxylic acids is 1. The third-order valence-electron chi connectivity index (χ3n) is 4.18. The molecule has 2 aromatic carbocycles. The van der Waals surface area contributed by atoms with Gasteiger partial charge in [-0.3, -0.25) is 9.10 Å². The molecule has 1 heterocycles. The minimum absolute atomic E-state index is 0.106. The molecule has 0 radical (unpaired) electrons. The minimum Gasteiger partial charge on any atom is -0.341 e. The fourth-order valence-electron chi connectivity index (χ4n) is 2.83. The van der Waals surface area contributed by atoms with Crippen LogP contribution in [0.3, 0.4) is 0 Å². The molecule has 1 aliphatic heterocycles. The quantitative estimate of drug-likeness (QED) is 0.803. The van der Waals surface area contributed by atoms with E-state index in [2.05, 4.69) is 0 Å². The number of hydrogen-bond donors (Lipinski definition) is 0. The summed E-state index contributed by atoms with van der Waals surface area (Å²) >= 11 is 5.86. The van der Waals surface area contributed by atoms with Gasteiger partial charge >= 0.3 is 0 Å². The van der Waals surface area contributed by atoms with Crippen molar-refractivity contribution in [2.45, 2.75) is 17.7 Å². The molecule has 5 nitrogen and oxygen atoms in total. The van der Waals surface area contributed by atoms with Crippen LogP contribution < -0.4 is 4.31 Å². The first-order valence-corrected chi connectivity index (χ1v) is 9.91. The van der Waals surface area contributed by atoms with Gasteiger partial charge in [0.05, 0.1) is 10.6 Å². The molecule has 132 valence electrons. The van der Waals surface area contributed by atoms with Crippen LogP contribution in [0.5, 0.6) is 0 Å². The number of amides is 1. The molecule has 0 aromatic heterocycles. The van der Waals surface area contributed by atoms with Crippen molar-refractivity contribution in [2.24, 2.45) is 0 Å². The lowest BCUT2D eigenvalue weighted by Gasteiger charge is -2.26. The van der Waals surface area contributed by atoms with Gasteiger partial charge in [-0.2, -0.15) is 0 Å². The van der Waals surface area contributed by atoms with Gasteiger partial charge in [0.2, 0.25) is 5.91 Å². The van der Waals surface area contributed by atoms with Gasteiger partial charge in [-0.25, -0.2) is 8.42 Å². The Bertz CT molecular complexity index is 832. The van der Waals surface area contributed by atoms with Crippen molar-refractivity contribution in [2.75, 3.05) is 23.9 Å². The monoisotopic (exact) mass is 378 g/mol. The van der Waals surface area contributed by atoms with Gasteiger partial charge in [-0.1, -0.05) is 29.8 Å². The van der Waals surface area contributed by atoms with Gasteiger partial charge in [0.15, 0.2) is 0 Å². The van der Waals surface area contributed by atoms with Crippen LogP contribution >= 0.6 is 11.6 Å². The van der Waals surface area contributed by atoms with Gasteiger partial charge in [0, 0.05) is 18.1 Å². The number of nitrogens with zero attached hydrogens (tertiary/aromatic N) is 2. The molecule has 1 amide bonds. The maximum atomic E-state index is 13.1. The first kappa shape index (κ1) is 17.8. The zero-order valence-corrected chi connectivity index (χ0v) is 15.2. The van der Waals surface area contributed by atoms with E-state index in [0.29, 0.717) is 23.8 Å². The smallest absolute Gasteiger partial charge is 0.264 e. The molecular weight excluding hydrogens is 360 g/mol. The van der Waals surface area contributed by atoms with Crippen molar-refractivity contribution in [1.82, 2.24) is 4.90 Å². The largest absolute Gasteiger partial charge is 0.341 e. The Labute approximate surface area is 152 Å². The molecule has 0 saturated carbocycles. The molecule has 1 fully saturated rings. The molecule has 0 N–H and O–H groups in total. The number of hydrogen-bond acceptors (Lipinski definition) is 3. The summed E-state index contributed by atoms with van der Waals surface area (Å²) in [5.74, 6) is -0.182. The van der Waals surface area contributed by atoms with Crippen molar-refractivity contribution >= 4 is 33.2 Å². The van der Waals surface area contributed by atoms with Crippen LogP contribution in [-0.4, -0.2) is 38.9 Å². The number of likely N-dealkylation sites (tertiary alicyclic amines) is 1. The Morgan fingerprint density at radius 3 is 2.20 bits per heavy atom. The molecule has 1 aliphatic rings. The lowest BCUT2D eigenvalue weighted by Crippen LogP contribution is -2.42. The average molecular weight is 379 g/mol. The van der Waals surface area contributed by atoms with Crippen molar-refractivity contribution in [3.8, 4) is 0 Å². The van der Waals surface area contributed by atoms with Crippen LogP contribution in [0.25, 0.3) is 0 Å². The summed E-state index contributed by atoms with van der Waals surface area (Å²) in [6.07, 6.45) is 1.92. The number of benzene rings is 2. The van der Waals surface area contributed by atoms with Crippen molar-refractivity contribution in [3.05, 3.63) is 59.6 Å². The van der Waals surface area contributed by atoms with Crippen LogP contribution in [0.4, 0.5) is 5.69 Å². The van der Waals surface area contributed by atoms with E-state index in [1.54, 1.807) is 35.2 Å². The van der Waals surface area contributed by atoms with E-state index in [-0.39, 0.29) is 17.3 Å². The highest BCUT2D eigenvalue weighted by molar-refractivity contribution is 7.92. The highest BCUT2D eigenvalue weighted by Crippen LogP contribution is 2.25. The van der Waals surface area contributed by atoms with E-state index < -0.39 is 10.0 Å². The highest BCUT2D eigenvalue weighted by atomic mass is 35.5. The maximum absolute atomic E-state index is 13.1. The molecular formula is C18H19ClN2O3S. The number of sulfonamides is 1. The maximum Gasteiger partial charge on any atom is 0.264 e. The summed E-state index contributed by atoms with van der Waals surface area (Å²) in [7, 11) is -3.87. The van der Waals surface area contributed by atoms with Crippen LogP contribution in [0, 0.1) is 0 Å². The second-order valence-electron chi connectivity index (χ2n) is 5.89. The molecule has 2 aromatic rings. The van der Waals surface area contributed by atoms with E-state index in [1.807, 2.05) is 0 Å². The summed E-state index contributed by atoms with van der Waals surface area (Å²) in [6.45, 7) is 1.15. The third-order valence-corrected chi connectivity index (χ3v) is 6.22. The Balaban J connectivity index is 1.95. The van der Waals surface area contributed by atoms with Gasteiger partial charge < -0.3 is 4.90 Å². The second-order valence-corrected chi connectivity index (χ2v) is 8.19. The van der Waals surface area contributed by atoms with Crippen LogP contribution in [-0.2, 0) is 14.8 Å². The third kappa shape index (κ3) is 3.96. The van der Waals surface area contributed by atoms with Crippen molar-refractivity contribution in [3.63, 3.8) is 0 Å². The number of anilines is 1. The normalized spacial score (nSPS) is 14.5. The summed E-state index contributed by atoms with van der Waals surface area (Å²) in [6, 6.07) is 14.6. The van der Waals surface area contributed by atoms with Gasteiger partial charge in [0.25, 0.3) is 10.0 Å². The second kappa shape index (κ2) is 7.45. The predicted octanol–water partition coefficient (Wildman–Crippen LogP) is 3.16. The fraction of sp³-hybridized carbons (Fsp3) is 0.278. The molecule has 1 saturated heterocycles. The summed E-state index contributed by atoms with van der Waals surface area (Å²) in [4.78, 5) is 14.4. The lowest BCUT2D eigenvalue weighted by atomic mass is 10.3. The van der Waals surface area contributed by atoms with Crippen LogP contribution in [0.1, 0.15) is 12.8 Å². The summed E-state index contributed by atoms with van der Waals surface area (Å²) < 4.78 is 27.4. The Kier molecular flexibility index (Phi) is 5.30. The lowest BCUT2D eigenvalue weighted by molar-refractivity contribution is -0.128. The minimum atomic E-state index is -3.87. The standard InChI is InChI=1S/C18H19ClN2O3S/c19-15-8-10-17(11-9-15)25(23,24)21(16-6-2-1-3-7-16)14-18(22)20-12-4-5-13-20/h1-3,6-11H,4-5,12-14H2. The first-order valence-electron chi connectivity index (χ1n) is 8.09. The van der Waals surface area contributed by atoms with E-state index in [0.717, 1.165) is 17.1 Å². The summed E-state index contributed by atoms with van der Waals surface area (Å²) in [5.41, 5.74) is 0.463. The van der Waals surface area contributed by atoms with Crippen molar-refractivity contribution < 1.29 is 13.2 Å². The molecule has 7 heteroatoms. The topological polar surface area (TPSA) is 57.7 Å². The SMILES string of the molecule is O=C(CN(c1ccccc1)S(=O)(=O)c1ccc(Cl)cc1)N1CCCC1. The number of rotatable bonds is 5. The molecule has 0 aliphatic carbocycles. The van der Waals surface area contributed by atoms with E-state index in [1.165, 1.54) is 24.3 Å². The molecule has 0 atom stereocenters. The first-order chi connectivity index (χ1) is 12.0. The zero-order chi connectivity index (χ0) is 17.9. The number of para-hydroxylation sites is 1. The van der Waals surface area contributed by atoms with E-state index >= 15 is 0 Å². The predicted molar refractivity (Wildman–Crippen MR) is 98.2 cm³/mol. The van der Waals surface area contributed by atoms with Gasteiger partial charge in [-0.15, -0.1) is 0 Å². The van der Waals surface area contributed by atoms with Crippen molar-refractivity contribution in [1.29, 1.82) is 0 Å². The van der Waals surface area contributed by atoms with E-state index in [4.69, 9.17) is 11.6 Å².